The predicted molar refractivity (Wildman–Crippen MR) is 66.3 cm³/mol. The summed E-state index contributed by atoms with van der Waals surface area (Å²) in [4.78, 5) is 22.9. The van der Waals surface area contributed by atoms with Gasteiger partial charge >= 0.3 is 5.97 Å². The molecule has 0 unspecified atom stereocenters. The van der Waals surface area contributed by atoms with Gasteiger partial charge in [0.05, 0.1) is 12.0 Å². The molecule has 0 spiro atoms. The minimum atomic E-state index is -0.869. The van der Waals surface area contributed by atoms with Gasteiger partial charge in [0.1, 0.15) is 0 Å². The monoisotopic (exact) mass is 258 g/mol. The fourth-order valence-electron chi connectivity index (χ4n) is 1.86. The Labute approximate surface area is 107 Å². The molecule has 1 heterocycles. The van der Waals surface area contributed by atoms with Crippen molar-refractivity contribution in [2.45, 2.75) is 32.7 Å². The standard InChI is InChI=1S/C12H22N2O4/c1-9(2)13-7-10(15)14-8-12(11(16)17)3-5-18-6-4-12/h9,13H,3-8H2,1-2H3,(H,14,15)(H,16,17). The lowest BCUT2D eigenvalue weighted by Crippen LogP contribution is -2.48. The van der Waals surface area contributed by atoms with Gasteiger partial charge in [-0.2, -0.15) is 0 Å². The highest BCUT2D eigenvalue weighted by Gasteiger charge is 2.40. The molecule has 3 N–H and O–H groups in total. The van der Waals surface area contributed by atoms with Crippen LogP contribution in [0, 0.1) is 5.41 Å². The number of nitrogens with one attached hydrogen (secondary N) is 2. The van der Waals surface area contributed by atoms with Gasteiger partial charge in [-0.25, -0.2) is 0 Å². The fourth-order valence-corrected chi connectivity index (χ4v) is 1.86. The molecule has 0 saturated carbocycles. The molecule has 1 rings (SSSR count). The maximum absolute atomic E-state index is 11.6. The van der Waals surface area contributed by atoms with Crippen LogP contribution in [0.1, 0.15) is 26.7 Å². The number of rotatable bonds is 6. The molecule has 0 aliphatic carbocycles. The van der Waals surface area contributed by atoms with Crippen LogP contribution in [0.2, 0.25) is 0 Å². The summed E-state index contributed by atoms with van der Waals surface area (Å²) in [5.74, 6) is -1.03. The van der Waals surface area contributed by atoms with Gasteiger partial charge in [0, 0.05) is 25.8 Å². The normalized spacial score (nSPS) is 18.6. The molecule has 1 saturated heterocycles. The van der Waals surface area contributed by atoms with Gasteiger partial charge in [0.15, 0.2) is 0 Å². The minimum absolute atomic E-state index is 0.171. The molecule has 0 aromatic rings. The summed E-state index contributed by atoms with van der Waals surface area (Å²) in [6.07, 6.45) is 0.889. The predicted octanol–water partition coefficient (Wildman–Crippen LogP) is -0.0180. The topological polar surface area (TPSA) is 87.7 Å². The number of ether oxygens (including phenoxy) is 1. The van der Waals surface area contributed by atoms with Crippen LogP contribution in [-0.2, 0) is 14.3 Å². The lowest BCUT2D eigenvalue weighted by molar-refractivity contribution is -0.154. The Morgan fingerprint density at radius 3 is 2.44 bits per heavy atom. The molecule has 18 heavy (non-hydrogen) atoms. The smallest absolute Gasteiger partial charge is 0.311 e. The van der Waals surface area contributed by atoms with E-state index in [2.05, 4.69) is 10.6 Å². The van der Waals surface area contributed by atoms with E-state index in [0.717, 1.165) is 0 Å². The Hall–Kier alpha value is -1.14. The van der Waals surface area contributed by atoms with E-state index in [4.69, 9.17) is 4.74 Å². The molecular weight excluding hydrogens is 236 g/mol. The first-order valence-corrected chi connectivity index (χ1v) is 6.27. The molecule has 0 aromatic carbocycles. The van der Waals surface area contributed by atoms with Gasteiger partial charge in [-0.1, -0.05) is 13.8 Å². The van der Waals surface area contributed by atoms with E-state index >= 15 is 0 Å². The average molecular weight is 258 g/mol. The maximum Gasteiger partial charge on any atom is 0.311 e. The highest BCUT2D eigenvalue weighted by molar-refractivity contribution is 5.80. The van der Waals surface area contributed by atoms with Crippen molar-refractivity contribution in [3.8, 4) is 0 Å². The molecule has 6 nitrogen and oxygen atoms in total. The number of hydrogen-bond acceptors (Lipinski definition) is 4. The van der Waals surface area contributed by atoms with Gasteiger partial charge in [-0.05, 0) is 12.8 Å². The highest BCUT2D eigenvalue weighted by Crippen LogP contribution is 2.29. The van der Waals surface area contributed by atoms with Crippen molar-refractivity contribution in [1.82, 2.24) is 10.6 Å². The number of carboxylic acids is 1. The molecule has 104 valence electrons. The Balaban J connectivity index is 2.42. The van der Waals surface area contributed by atoms with E-state index in [9.17, 15) is 14.7 Å². The lowest BCUT2D eigenvalue weighted by atomic mass is 9.80. The van der Waals surface area contributed by atoms with E-state index in [0.29, 0.717) is 26.1 Å². The van der Waals surface area contributed by atoms with E-state index in [1.807, 2.05) is 13.8 Å². The van der Waals surface area contributed by atoms with E-state index in [1.54, 1.807) is 0 Å². The van der Waals surface area contributed by atoms with Gasteiger partial charge in [-0.15, -0.1) is 0 Å². The van der Waals surface area contributed by atoms with Gasteiger partial charge in [-0.3, -0.25) is 9.59 Å². The molecule has 0 bridgehead atoms. The van der Waals surface area contributed by atoms with Crippen LogP contribution in [0.3, 0.4) is 0 Å². The second kappa shape index (κ2) is 6.70. The molecule has 6 heteroatoms. The van der Waals surface area contributed by atoms with Crippen LogP contribution in [0.25, 0.3) is 0 Å². The van der Waals surface area contributed by atoms with Crippen LogP contribution in [0.4, 0.5) is 0 Å². The third-order valence-electron chi connectivity index (χ3n) is 3.20. The SMILES string of the molecule is CC(C)NCC(=O)NCC1(C(=O)O)CCOCC1. The summed E-state index contributed by atoms with van der Waals surface area (Å²) in [7, 11) is 0. The van der Waals surface area contributed by atoms with E-state index in [1.165, 1.54) is 0 Å². The first-order chi connectivity index (χ1) is 8.46. The minimum Gasteiger partial charge on any atom is -0.481 e. The maximum atomic E-state index is 11.6. The first kappa shape index (κ1) is 14.9. The quantitative estimate of drug-likeness (QED) is 0.623. The number of carbonyl (C=O) groups excluding carboxylic acids is 1. The van der Waals surface area contributed by atoms with Crippen LogP contribution >= 0.6 is 0 Å². The Morgan fingerprint density at radius 1 is 1.33 bits per heavy atom. The summed E-state index contributed by atoms with van der Waals surface area (Å²) in [6, 6.07) is 0.229. The van der Waals surface area contributed by atoms with Crippen molar-refractivity contribution in [3.63, 3.8) is 0 Å². The zero-order chi connectivity index (χ0) is 13.6. The van der Waals surface area contributed by atoms with Gasteiger partial charge in [0.25, 0.3) is 0 Å². The first-order valence-electron chi connectivity index (χ1n) is 6.27. The lowest BCUT2D eigenvalue weighted by Gasteiger charge is -2.33. The van der Waals surface area contributed by atoms with Crippen LogP contribution in [0.5, 0.6) is 0 Å². The summed E-state index contributed by atoms with van der Waals surface area (Å²) in [5.41, 5.74) is -0.869. The molecular formula is C12H22N2O4. The summed E-state index contributed by atoms with van der Waals surface area (Å²) >= 11 is 0. The van der Waals surface area contributed by atoms with Crippen molar-refractivity contribution >= 4 is 11.9 Å². The number of carbonyl (C=O) groups is 2. The fraction of sp³-hybridized carbons (Fsp3) is 0.833. The molecule has 0 atom stereocenters. The van der Waals surface area contributed by atoms with Crippen LogP contribution in [0.15, 0.2) is 0 Å². The second-order valence-electron chi connectivity index (χ2n) is 5.01. The summed E-state index contributed by atoms with van der Waals surface area (Å²) in [6.45, 7) is 5.15. The van der Waals surface area contributed by atoms with Crippen molar-refractivity contribution in [2.75, 3.05) is 26.3 Å². The average Bonchev–Trinajstić information content (AvgIpc) is 2.34. The van der Waals surface area contributed by atoms with Crippen molar-refractivity contribution < 1.29 is 19.4 Å². The molecule has 0 aromatic heterocycles. The number of amides is 1. The zero-order valence-electron chi connectivity index (χ0n) is 11.0. The third-order valence-corrected chi connectivity index (χ3v) is 3.20. The Bertz CT molecular complexity index is 298. The largest absolute Gasteiger partial charge is 0.481 e. The van der Waals surface area contributed by atoms with Crippen molar-refractivity contribution in [1.29, 1.82) is 0 Å². The van der Waals surface area contributed by atoms with Gasteiger partial charge in [0.2, 0.25) is 5.91 Å². The molecule has 1 amide bonds. The Kier molecular flexibility index (Phi) is 5.55. The second-order valence-corrected chi connectivity index (χ2v) is 5.01. The van der Waals surface area contributed by atoms with Gasteiger partial charge < -0.3 is 20.5 Å². The number of aliphatic carboxylic acids is 1. The number of hydrogen-bond donors (Lipinski definition) is 3. The number of carboxylic acid groups (broad SMARTS) is 1. The zero-order valence-corrected chi connectivity index (χ0v) is 11.0. The van der Waals surface area contributed by atoms with Crippen LogP contribution in [-0.4, -0.2) is 49.3 Å². The molecule has 1 aliphatic heterocycles. The van der Waals surface area contributed by atoms with Crippen molar-refractivity contribution in [3.05, 3.63) is 0 Å². The van der Waals surface area contributed by atoms with E-state index < -0.39 is 11.4 Å². The van der Waals surface area contributed by atoms with Crippen molar-refractivity contribution in [2.24, 2.45) is 5.41 Å². The summed E-state index contributed by atoms with van der Waals surface area (Å²) < 4.78 is 5.17. The third kappa shape index (κ3) is 4.27. The molecule has 1 fully saturated rings. The Morgan fingerprint density at radius 2 is 1.94 bits per heavy atom. The summed E-state index contributed by atoms with van der Waals surface area (Å²) in [5, 5.41) is 15.0. The molecule has 1 aliphatic rings. The molecule has 0 radical (unpaired) electrons. The van der Waals surface area contributed by atoms with E-state index in [-0.39, 0.29) is 25.0 Å². The van der Waals surface area contributed by atoms with Crippen LogP contribution < -0.4 is 10.6 Å². The highest BCUT2D eigenvalue weighted by atomic mass is 16.5.